The maximum absolute atomic E-state index is 12.2. The summed E-state index contributed by atoms with van der Waals surface area (Å²) in [5.74, 6) is 1.34. The van der Waals surface area contributed by atoms with Crippen LogP contribution in [0.15, 0.2) is 12.1 Å². The van der Waals surface area contributed by atoms with Crippen LogP contribution < -0.4 is 4.74 Å². The third-order valence-electron chi connectivity index (χ3n) is 2.82. The summed E-state index contributed by atoms with van der Waals surface area (Å²) in [5.41, 5.74) is 2.88. The predicted molar refractivity (Wildman–Crippen MR) is 79.0 cm³/mol. The van der Waals surface area contributed by atoms with Crippen molar-refractivity contribution in [1.82, 2.24) is 0 Å². The van der Waals surface area contributed by atoms with Crippen molar-refractivity contribution in [3.63, 3.8) is 0 Å². The van der Waals surface area contributed by atoms with Crippen molar-refractivity contribution in [1.29, 1.82) is 0 Å². The predicted octanol–water partition coefficient (Wildman–Crippen LogP) is 4.03. The number of benzene rings is 1. The lowest BCUT2D eigenvalue weighted by atomic mass is 10.0. The Hall–Kier alpha value is -0.960. The molecule has 0 amide bonds. The van der Waals surface area contributed by atoms with Gasteiger partial charge in [0.25, 0.3) is 0 Å². The number of hydrogen-bond donors (Lipinski definition) is 0. The molecular weight excluding hydrogens is 244 g/mol. The van der Waals surface area contributed by atoms with Crippen LogP contribution in [0.4, 0.5) is 0 Å². The molecule has 2 nitrogen and oxygen atoms in total. The number of Topliss-reactive ketones (excluding diaryl/α,β-unsaturated/α-hetero) is 1. The molecule has 0 unspecified atom stereocenters. The Labute approximate surface area is 114 Å². The Morgan fingerprint density at radius 3 is 2.39 bits per heavy atom. The monoisotopic (exact) mass is 266 g/mol. The zero-order valence-electron chi connectivity index (χ0n) is 12.1. The Morgan fingerprint density at radius 1 is 1.28 bits per heavy atom. The minimum absolute atomic E-state index is 0.0998. The largest absolute Gasteiger partial charge is 0.496 e. The summed E-state index contributed by atoms with van der Waals surface area (Å²) in [6.45, 7) is 10.4. The number of rotatable bonds is 4. The van der Waals surface area contributed by atoms with E-state index in [2.05, 4.69) is 20.8 Å². The molecule has 0 saturated carbocycles. The number of ether oxygens (including phenoxy) is 1. The third kappa shape index (κ3) is 3.77. The van der Waals surface area contributed by atoms with Crippen LogP contribution in [0.1, 0.15) is 42.3 Å². The molecular formula is C15H22O2S. The van der Waals surface area contributed by atoms with Gasteiger partial charge in [0.2, 0.25) is 0 Å². The van der Waals surface area contributed by atoms with Crippen LogP contribution in [-0.2, 0) is 0 Å². The van der Waals surface area contributed by atoms with Crippen molar-refractivity contribution in [2.45, 2.75) is 39.4 Å². The van der Waals surface area contributed by atoms with Crippen LogP contribution in [0.3, 0.4) is 0 Å². The lowest BCUT2D eigenvalue weighted by Crippen LogP contribution is -2.14. The van der Waals surface area contributed by atoms with Gasteiger partial charge in [-0.3, -0.25) is 4.79 Å². The number of carbonyl (C=O) groups is 1. The zero-order chi connectivity index (χ0) is 13.9. The fraction of sp³-hybridized carbons (Fsp3) is 0.533. The molecule has 0 heterocycles. The number of ketones is 1. The van der Waals surface area contributed by atoms with Crippen molar-refractivity contribution < 1.29 is 9.53 Å². The van der Waals surface area contributed by atoms with E-state index in [4.69, 9.17) is 4.74 Å². The highest BCUT2D eigenvalue weighted by Gasteiger charge is 2.18. The van der Waals surface area contributed by atoms with Gasteiger partial charge in [0.15, 0.2) is 5.78 Å². The molecule has 0 saturated heterocycles. The Balaban J connectivity index is 2.96. The number of aryl methyl sites for hydroxylation is 1. The van der Waals surface area contributed by atoms with Gasteiger partial charge in [-0.25, -0.2) is 0 Å². The highest BCUT2D eigenvalue weighted by Crippen LogP contribution is 2.29. The summed E-state index contributed by atoms with van der Waals surface area (Å²) in [7, 11) is 1.62. The number of carbonyl (C=O) groups excluding carboxylic acids is 1. The van der Waals surface area contributed by atoms with Crippen LogP contribution in [0, 0.1) is 13.8 Å². The summed E-state index contributed by atoms with van der Waals surface area (Å²) < 4.78 is 5.48. The molecule has 0 spiro atoms. The molecule has 1 aromatic carbocycles. The van der Waals surface area contributed by atoms with Gasteiger partial charge in [-0.2, -0.15) is 0 Å². The minimum Gasteiger partial charge on any atom is -0.496 e. The number of thioether (sulfide) groups is 1. The second-order valence-electron chi connectivity index (χ2n) is 5.41. The maximum atomic E-state index is 12.2. The fourth-order valence-electron chi connectivity index (χ4n) is 1.63. The quantitative estimate of drug-likeness (QED) is 0.770. The molecule has 0 atom stereocenters. The van der Waals surface area contributed by atoms with Gasteiger partial charge in [0.1, 0.15) is 5.75 Å². The molecule has 0 bridgehead atoms. The SMILES string of the molecule is COc1c(C(=O)CSC(C)(C)C)ccc(C)c1C. The van der Waals surface area contributed by atoms with Crippen LogP contribution >= 0.6 is 11.8 Å². The number of methoxy groups -OCH3 is 1. The van der Waals surface area contributed by atoms with Crippen LogP contribution in [0.2, 0.25) is 0 Å². The van der Waals surface area contributed by atoms with Crippen molar-refractivity contribution >= 4 is 17.5 Å². The molecule has 0 radical (unpaired) electrons. The van der Waals surface area contributed by atoms with Crippen LogP contribution in [-0.4, -0.2) is 23.4 Å². The van der Waals surface area contributed by atoms with E-state index in [0.29, 0.717) is 11.3 Å². The summed E-state index contributed by atoms with van der Waals surface area (Å²) in [6, 6.07) is 3.85. The molecule has 0 N–H and O–H groups in total. The molecule has 0 fully saturated rings. The fourth-order valence-corrected chi connectivity index (χ4v) is 2.35. The van der Waals surface area contributed by atoms with E-state index < -0.39 is 0 Å². The van der Waals surface area contributed by atoms with Gasteiger partial charge in [0, 0.05) is 4.75 Å². The van der Waals surface area contributed by atoms with E-state index in [1.54, 1.807) is 18.9 Å². The standard InChI is InChI=1S/C15H22O2S/c1-10-7-8-12(14(17-6)11(10)2)13(16)9-18-15(3,4)5/h7-8H,9H2,1-6H3. The van der Waals surface area contributed by atoms with E-state index in [1.807, 2.05) is 26.0 Å². The van der Waals surface area contributed by atoms with Gasteiger partial charge in [-0.05, 0) is 31.0 Å². The van der Waals surface area contributed by atoms with Crippen molar-refractivity contribution in [2.75, 3.05) is 12.9 Å². The summed E-state index contributed by atoms with van der Waals surface area (Å²) in [4.78, 5) is 12.2. The van der Waals surface area contributed by atoms with E-state index in [1.165, 1.54) is 0 Å². The van der Waals surface area contributed by atoms with Gasteiger partial charge >= 0.3 is 0 Å². The van der Waals surface area contributed by atoms with Crippen molar-refractivity contribution in [2.24, 2.45) is 0 Å². The van der Waals surface area contributed by atoms with Gasteiger partial charge in [0.05, 0.1) is 18.4 Å². The second-order valence-corrected chi connectivity index (χ2v) is 7.21. The first-order valence-electron chi connectivity index (χ1n) is 6.07. The highest BCUT2D eigenvalue weighted by atomic mass is 32.2. The molecule has 1 aromatic rings. The van der Waals surface area contributed by atoms with Crippen molar-refractivity contribution in [3.05, 3.63) is 28.8 Å². The van der Waals surface area contributed by atoms with Gasteiger partial charge in [-0.1, -0.05) is 26.8 Å². The topological polar surface area (TPSA) is 26.3 Å². The zero-order valence-corrected chi connectivity index (χ0v) is 12.9. The molecule has 1 rings (SSSR count). The normalized spacial score (nSPS) is 11.4. The summed E-state index contributed by atoms with van der Waals surface area (Å²) in [5, 5.41) is 0. The van der Waals surface area contributed by atoms with Crippen molar-refractivity contribution in [3.8, 4) is 5.75 Å². The molecule has 3 heteroatoms. The van der Waals surface area contributed by atoms with E-state index in [0.717, 1.165) is 16.9 Å². The molecule has 0 aliphatic rings. The third-order valence-corrected chi connectivity index (χ3v) is 4.09. The minimum atomic E-state index is 0.0998. The molecule has 0 aromatic heterocycles. The van der Waals surface area contributed by atoms with Gasteiger partial charge in [-0.15, -0.1) is 11.8 Å². The average Bonchev–Trinajstić information content (AvgIpc) is 2.28. The molecule has 100 valence electrons. The summed E-state index contributed by atoms with van der Waals surface area (Å²) in [6.07, 6.45) is 0. The van der Waals surface area contributed by atoms with E-state index in [-0.39, 0.29) is 10.5 Å². The maximum Gasteiger partial charge on any atom is 0.176 e. The van der Waals surface area contributed by atoms with Gasteiger partial charge < -0.3 is 4.74 Å². The number of hydrogen-bond acceptors (Lipinski definition) is 3. The Morgan fingerprint density at radius 2 is 1.89 bits per heavy atom. The highest BCUT2D eigenvalue weighted by molar-refractivity contribution is 8.01. The average molecular weight is 266 g/mol. The van der Waals surface area contributed by atoms with E-state index in [9.17, 15) is 4.79 Å². The smallest absolute Gasteiger partial charge is 0.176 e. The Bertz CT molecular complexity index is 445. The van der Waals surface area contributed by atoms with Crippen LogP contribution in [0.25, 0.3) is 0 Å². The summed E-state index contributed by atoms with van der Waals surface area (Å²) >= 11 is 1.66. The molecule has 0 aliphatic carbocycles. The molecule has 0 aliphatic heterocycles. The first-order chi connectivity index (χ1) is 8.26. The molecule has 18 heavy (non-hydrogen) atoms. The first kappa shape index (κ1) is 15.1. The lowest BCUT2D eigenvalue weighted by molar-refractivity contribution is 0.101. The van der Waals surface area contributed by atoms with Crippen LogP contribution in [0.5, 0.6) is 5.75 Å². The second kappa shape index (κ2) is 5.79. The first-order valence-corrected chi connectivity index (χ1v) is 7.06. The van der Waals surface area contributed by atoms with E-state index >= 15 is 0 Å². The Kier molecular flexibility index (Phi) is 4.85. The lowest BCUT2D eigenvalue weighted by Gasteiger charge is -2.18.